The predicted molar refractivity (Wildman–Crippen MR) is 125 cm³/mol. The number of aromatic nitrogens is 5. The lowest BCUT2D eigenvalue weighted by Crippen LogP contribution is -2.21. The van der Waals surface area contributed by atoms with Crippen LogP contribution in [0.3, 0.4) is 0 Å². The summed E-state index contributed by atoms with van der Waals surface area (Å²) in [6.07, 6.45) is 3.41. The number of pyridine rings is 2. The number of aromatic amines is 1. The summed E-state index contributed by atoms with van der Waals surface area (Å²) in [5.74, 6) is 1.36. The van der Waals surface area contributed by atoms with Crippen LogP contribution >= 0.6 is 12.4 Å². The second kappa shape index (κ2) is 8.12. The first-order chi connectivity index (χ1) is 15.0. The van der Waals surface area contributed by atoms with Crippen molar-refractivity contribution in [2.24, 2.45) is 0 Å². The van der Waals surface area contributed by atoms with Crippen LogP contribution in [0, 0.1) is 13.8 Å². The number of fused-ring (bicyclic) bond motifs is 3. The van der Waals surface area contributed by atoms with E-state index in [1.165, 1.54) is 0 Å². The van der Waals surface area contributed by atoms with Crippen molar-refractivity contribution in [1.82, 2.24) is 24.7 Å². The van der Waals surface area contributed by atoms with Crippen molar-refractivity contribution in [1.29, 1.82) is 0 Å². The molecule has 0 radical (unpaired) electrons. The summed E-state index contributed by atoms with van der Waals surface area (Å²) < 4.78 is 12.8. The number of halogens is 1. The van der Waals surface area contributed by atoms with E-state index in [1.54, 1.807) is 24.1 Å². The molecule has 5 aromatic rings. The van der Waals surface area contributed by atoms with Gasteiger partial charge in [-0.25, -0.2) is 4.79 Å². The van der Waals surface area contributed by atoms with E-state index in [9.17, 15) is 4.79 Å². The fraction of sp³-hybridized carbons (Fsp3) is 0.217. The Labute approximate surface area is 189 Å². The Kier molecular flexibility index (Phi) is 5.48. The van der Waals surface area contributed by atoms with Crippen molar-refractivity contribution in [3.05, 3.63) is 70.4 Å². The molecule has 1 N–H and O–H groups in total. The largest absolute Gasteiger partial charge is 0.496 e. The number of hydrogen-bond acceptors (Lipinski definition) is 6. The molecule has 0 saturated heterocycles. The number of nitrogens with one attached hydrogen (secondary N) is 1. The molecular formula is C23H22ClN5O3. The van der Waals surface area contributed by atoms with Gasteiger partial charge in [0.05, 0.1) is 52.8 Å². The Hall–Kier alpha value is -3.65. The standard InChI is InChI=1S/C23H21N5O3.ClH/c1-12-21(14(3)31-27-12)16-9-18-15(10-20(16)30-4)22-19(11-25-18)26-23(29)28(22)13(2)17-7-5-6-8-24-17;/h5-11,13H,1-4H3,(H,26,29);1H/t13-;/m1./s1. The van der Waals surface area contributed by atoms with Gasteiger partial charge in [-0.2, -0.15) is 0 Å². The molecule has 0 spiro atoms. The first-order valence-electron chi connectivity index (χ1n) is 9.94. The number of nitrogens with zero attached hydrogens (tertiary/aromatic N) is 4. The molecule has 164 valence electrons. The SMILES string of the molecule is COc1cc2c(cc1-c1c(C)noc1C)ncc1[nH]c(=O)n([C@H](C)c3ccccn3)c12.Cl. The maximum atomic E-state index is 12.9. The zero-order chi connectivity index (χ0) is 21.7. The highest BCUT2D eigenvalue weighted by Gasteiger charge is 2.22. The number of rotatable bonds is 4. The predicted octanol–water partition coefficient (Wildman–Crippen LogP) is 4.58. The van der Waals surface area contributed by atoms with Gasteiger partial charge in [-0.15, -0.1) is 12.4 Å². The van der Waals surface area contributed by atoms with Crippen LogP contribution in [0.2, 0.25) is 0 Å². The molecule has 0 bridgehead atoms. The highest BCUT2D eigenvalue weighted by molar-refractivity contribution is 6.04. The fourth-order valence-corrected chi connectivity index (χ4v) is 4.19. The number of H-pyrrole nitrogens is 1. The van der Waals surface area contributed by atoms with Gasteiger partial charge >= 0.3 is 5.69 Å². The van der Waals surface area contributed by atoms with Crippen molar-refractivity contribution in [2.75, 3.05) is 7.11 Å². The van der Waals surface area contributed by atoms with E-state index in [4.69, 9.17) is 9.26 Å². The first kappa shape index (κ1) is 21.6. The molecular weight excluding hydrogens is 430 g/mol. The van der Waals surface area contributed by atoms with Crippen molar-refractivity contribution in [3.63, 3.8) is 0 Å². The molecule has 1 atom stereocenters. The fourth-order valence-electron chi connectivity index (χ4n) is 4.19. The number of aryl methyl sites for hydroxylation is 2. The summed E-state index contributed by atoms with van der Waals surface area (Å²) in [6.45, 7) is 5.72. The Morgan fingerprint density at radius 2 is 2.00 bits per heavy atom. The number of ether oxygens (including phenoxy) is 1. The smallest absolute Gasteiger partial charge is 0.327 e. The summed E-state index contributed by atoms with van der Waals surface area (Å²) in [7, 11) is 1.62. The maximum Gasteiger partial charge on any atom is 0.327 e. The lowest BCUT2D eigenvalue weighted by Gasteiger charge is -2.15. The van der Waals surface area contributed by atoms with Gasteiger partial charge in [0, 0.05) is 17.1 Å². The van der Waals surface area contributed by atoms with Gasteiger partial charge in [0.25, 0.3) is 0 Å². The monoisotopic (exact) mass is 451 g/mol. The molecule has 8 nitrogen and oxygen atoms in total. The molecule has 4 heterocycles. The minimum Gasteiger partial charge on any atom is -0.496 e. The first-order valence-corrected chi connectivity index (χ1v) is 9.94. The second-order valence-corrected chi connectivity index (χ2v) is 7.52. The molecule has 0 aliphatic heterocycles. The third-order valence-electron chi connectivity index (χ3n) is 5.67. The van der Waals surface area contributed by atoms with Crippen LogP contribution in [0.25, 0.3) is 33.1 Å². The van der Waals surface area contributed by atoms with E-state index in [0.29, 0.717) is 17.0 Å². The van der Waals surface area contributed by atoms with Gasteiger partial charge in [-0.05, 0) is 45.0 Å². The Bertz CT molecular complexity index is 1470. The minimum atomic E-state index is -0.263. The zero-order valence-corrected chi connectivity index (χ0v) is 18.9. The van der Waals surface area contributed by atoms with E-state index in [-0.39, 0.29) is 24.1 Å². The maximum absolute atomic E-state index is 12.9. The molecule has 0 aliphatic carbocycles. The lowest BCUT2D eigenvalue weighted by molar-refractivity contribution is 0.393. The third kappa shape index (κ3) is 3.23. The molecule has 0 unspecified atom stereocenters. The summed E-state index contributed by atoms with van der Waals surface area (Å²) in [4.78, 5) is 24.8. The molecule has 5 rings (SSSR count). The van der Waals surface area contributed by atoms with E-state index < -0.39 is 0 Å². The van der Waals surface area contributed by atoms with Gasteiger partial charge in [-0.3, -0.25) is 14.5 Å². The third-order valence-corrected chi connectivity index (χ3v) is 5.67. The number of hydrogen-bond donors (Lipinski definition) is 1. The number of imidazole rings is 1. The number of benzene rings is 1. The van der Waals surface area contributed by atoms with Crippen molar-refractivity contribution in [2.45, 2.75) is 26.8 Å². The summed E-state index contributed by atoms with van der Waals surface area (Å²) >= 11 is 0. The molecule has 1 aromatic carbocycles. The van der Waals surface area contributed by atoms with Crippen LogP contribution in [-0.4, -0.2) is 31.8 Å². The highest BCUT2D eigenvalue weighted by Crippen LogP contribution is 2.39. The van der Waals surface area contributed by atoms with Crippen LogP contribution in [0.1, 0.15) is 30.1 Å². The Morgan fingerprint density at radius 3 is 2.66 bits per heavy atom. The Balaban J connectivity index is 0.00000245. The minimum absolute atomic E-state index is 0. The van der Waals surface area contributed by atoms with Gasteiger partial charge in [0.1, 0.15) is 11.5 Å². The average molecular weight is 452 g/mol. The van der Waals surface area contributed by atoms with Crippen LogP contribution < -0.4 is 10.4 Å². The highest BCUT2D eigenvalue weighted by atomic mass is 35.5. The molecule has 0 aliphatic rings. The molecule has 32 heavy (non-hydrogen) atoms. The van der Waals surface area contributed by atoms with Crippen molar-refractivity contribution < 1.29 is 9.26 Å². The van der Waals surface area contributed by atoms with E-state index >= 15 is 0 Å². The van der Waals surface area contributed by atoms with Crippen LogP contribution in [-0.2, 0) is 0 Å². The quantitative estimate of drug-likeness (QED) is 0.429. The molecule has 0 saturated carbocycles. The zero-order valence-electron chi connectivity index (χ0n) is 18.0. The van der Waals surface area contributed by atoms with Crippen LogP contribution in [0.15, 0.2) is 52.0 Å². The van der Waals surface area contributed by atoms with Crippen LogP contribution in [0.4, 0.5) is 0 Å². The second-order valence-electron chi connectivity index (χ2n) is 7.52. The van der Waals surface area contributed by atoms with E-state index in [0.717, 1.165) is 38.9 Å². The van der Waals surface area contributed by atoms with Gasteiger partial charge in [-0.1, -0.05) is 11.2 Å². The van der Waals surface area contributed by atoms with Crippen LogP contribution in [0.5, 0.6) is 5.75 Å². The summed E-state index contributed by atoms with van der Waals surface area (Å²) in [6, 6.07) is 9.29. The van der Waals surface area contributed by atoms with Crippen molar-refractivity contribution >= 4 is 34.3 Å². The molecule has 0 fully saturated rings. The molecule has 9 heteroatoms. The summed E-state index contributed by atoms with van der Waals surface area (Å²) in [5, 5.41) is 4.87. The number of methoxy groups -OCH3 is 1. The van der Waals surface area contributed by atoms with E-state index in [1.807, 2.05) is 51.1 Å². The normalized spacial score (nSPS) is 12.1. The van der Waals surface area contributed by atoms with Gasteiger partial charge in [0.2, 0.25) is 0 Å². The molecule has 0 amide bonds. The lowest BCUT2D eigenvalue weighted by atomic mass is 10.0. The van der Waals surface area contributed by atoms with E-state index in [2.05, 4.69) is 20.1 Å². The molecule has 4 aromatic heterocycles. The van der Waals surface area contributed by atoms with Gasteiger partial charge in [0.15, 0.2) is 0 Å². The van der Waals surface area contributed by atoms with Crippen molar-refractivity contribution in [3.8, 4) is 16.9 Å². The summed E-state index contributed by atoms with van der Waals surface area (Å²) in [5.41, 5.74) is 5.26. The van der Waals surface area contributed by atoms with Gasteiger partial charge < -0.3 is 14.2 Å². The average Bonchev–Trinajstić information content (AvgIpc) is 3.30. The Morgan fingerprint density at radius 1 is 1.19 bits per heavy atom. The topological polar surface area (TPSA) is 98.8 Å².